The molecule has 1 aliphatic carbocycles. The Balaban J connectivity index is 1.36. The summed E-state index contributed by atoms with van der Waals surface area (Å²) in [6.45, 7) is 0.170. The Kier molecular flexibility index (Phi) is 4.72. The first-order valence-electron chi connectivity index (χ1n) is 9.16. The molecule has 4 rings (SSSR count). The molecule has 4 amide bonds. The largest absolute Gasteiger partial charge is 0.365 e. The van der Waals surface area contributed by atoms with Gasteiger partial charge in [-0.05, 0) is 43.4 Å². The van der Waals surface area contributed by atoms with E-state index in [1.165, 1.54) is 16.2 Å². The number of amides is 4. The predicted molar refractivity (Wildman–Crippen MR) is 105 cm³/mol. The van der Waals surface area contributed by atoms with Gasteiger partial charge in [-0.25, -0.2) is 0 Å². The Morgan fingerprint density at radius 3 is 2.43 bits per heavy atom. The highest BCUT2D eigenvalue weighted by atomic mass is 32.1. The van der Waals surface area contributed by atoms with E-state index in [1.54, 1.807) is 24.3 Å². The molecule has 2 aromatic rings. The number of primary amides is 1. The lowest BCUT2D eigenvalue weighted by Crippen LogP contribution is -2.31. The minimum absolute atomic E-state index is 0.133. The van der Waals surface area contributed by atoms with Crippen LogP contribution in [0.1, 0.15) is 60.8 Å². The molecule has 0 unspecified atom stereocenters. The summed E-state index contributed by atoms with van der Waals surface area (Å²) >= 11 is 1.41. The van der Waals surface area contributed by atoms with Crippen LogP contribution in [0.15, 0.2) is 24.3 Å². The number of benzene rings is 1. The first-order valence-corrected chi connectivity index (χ1v) is 9.98. The molecule has 0 atom stereocenters. The first-order chi connectivity index (χ1) is 13.5. The molecule has 0 bridgehead atoms. The third-order valence-corrected chi connectivity index (χ3v) is 6.29. The second-order valence-corrected chi connectivity index (χ2v) is 7.99. The van der Waals surface area contributed by atoms with Crippen LogP contribution in [0.25, 0.3) is 0 Å². The number of hydrogen-bond acceptors (Lipinski definition) is 5. The van der Waals surface area contributed by atoms with Gasteiger partial charge in [0.2, 0.25) is 5.91 Å². The number of imide groups is 1. The predicted octanol–water partition coefficient (Wildman–Crippen LogP) is 2.35. The minimum Gasteiger partial charge on any atom is -0.365 e. The van der Waals surface area contributed by atoms with Crippen LogP contribution in [-0.2, 0) is 17.6 Å². The highest BCUT2D eigenvalue weighted by Crippen LogP contribution is 2.38. The molecular formula is C20H19N3O4S. The van der Waals surface area contributed by atoms with Crippen molar-refractivity contribution >= 4 is 40.0 Å². The Labute approximate surface area is 165 Å². The van der Waals surface area contributed by atoms with Gasteiger partial charge in [-0.1, -0.05) is 12.1 Å². The molecule has 1 aromatic heterocycles. The van der Waals surface area contributed by atoms with Crippen LogP contribution < -0.4 is 11.1 Å². The SMILES string of the molecule is NC(=O)c1c(NC(=O)CCCN2C(=O)c3ccccc3C2=O)sc2c1CCC2. The second kappa shape index (κ2) is 7.20. The van der Waals surface area contributed by atoms with Gasteiger partial charge in [-0.2, -0.15) is 0 Å². The number of hydrogen-bond donors (Lipinski definition) is 2. The van der Waals surface area contributed by atoms with E-state index in [2.05, 4.69) is 5.32 Å². The highest BCUT2D eigenvalue weighted by Gasteiger charge is 2.34. The summed E-state index contributed by atoms with van der Waals surface area (Å²) in [4.78, 5) is 51.0. The zero-order chi connectivity index (χ0) is 19.8. The summed E-state index contributed by atoms with van der Waals surface area (Å²) in [5.74, 6) is -1.45. The number of carbonyl (C=O) groups is 4. The van der Waals surface area contributed by atoms with E-state index in [4.69, 9.17) is 5.73 Å². The number of nitrogens with one attached hydrogen (secondary N) is 1. The maximum absolute atomic E-state index is 12.3. The molecule has 28 heavy (non-hydrogen) atoms. The van der Waals surface area contributed by atoms with Crippen molar-refractivity contribution in [2.75, 3.05) is 11.9 Å². The maximum atomic E-state index is 12.3. The van der Waals surface area contributed by atoms with Crippen LogP contribution in [0.4, 0.5) is 5.00 Å². The third-order valence-electron chi connectivity index (χ3n) is 5.08. The molecule has 1 aliphatic heterocycles. The smallest absolute Gasteiger partial charge is 0.261 e. The fraction of sp³-hybridized carbons (Fsp3) is 0.300. The Bertz CT molecular complexity index is 976. The zero-order valence-electron chi connectivity index (χ0n) is 15.1. The summed E-state index contributed by atoms with van der Waals surface area (Å²) in [5.41, 5.74) is 7.68. The summed E-state index contributed by atoms with van der Waals surface area (Å²) in [6, 6.07) is 6.69. The molecule has 3 N–H and O–H groups in total. The van der Waals surface area contributed by atoms with E-state index in [1.807, 2.05) is 0 Å². The number of carbonyl (C=O) groups excluding carboxylic acids is 4. The first kappa shape index (κ1) is 18.4. The van der Waals surface area contributed by atoms with Gasteiger partial charge in [0.1, 0.15) is 5.00 Å². The van der Waals surface area contributed by atoms with E-state index in [9.17, 15) is 19.2 Å². The van der Waals surface area contributed by atoms with Gasteiger partial charge >= 0.3 is 0 Å². The van der Waals surface area contributed by atoms with Crippen molar-refractivity contribution in [3.63, 3.8) is 0 Å². The van der Waals surface area contributed by atoms with E-state index in [0.717, 1.165) is 29.7 Å². The van der Waals surface area contributed by atoms with Crippen LogP contribution in [0, 0.1) is 0 Å². The molecule has 2 heterocycles. The van der Waals surface area contributed by atoms with E-state index in [0.29, 0.717) is 28.1 Å². The van der Waals surface area contributed by atoms with Crippen LogP contribution >= 0.6 is 11.3 Å². The molecule has 0 saturated carbocycles. The summed E-state index contributed by atoms with van der Waals surface area (Å²) in [5, 5.41) is 3.28. The Morgan fingerprint density at radius 2 is 1.79 bits per heavy atom. The molecule has 8 heteroatoms. The molecule has 0 saturated heterocycles. The second-order valence-electron chi connectivity index (χ2n) is 6.88. The topological polar surface area (TPSA) is 110 Å². The fourth-order valence-electron chi connectivity index (χ4n) is 3.78. The average molecular weight is 397 g/mol. The molecule has 1 aromatic carbocycles. The number of fused-ring (bicyclic) bond motifs is 2. The van der Waals surface area contributed by atoms with Gasteiger partial charge in [0, 0.05) is 17.8 Å². The summed E-state index contributed by atoms with van der Waals surface area (Å²) < 4.78 is 0. The van der Waals surface area contributed by atoms with Gasteiger partial charge in [-0.3, -0.25) is 24.1 Å². The van der Waals surface area contributed by atoms with Gasteiger partial charge in [-0.15, -0.1) is 11.3 Å². The van der Waals surface area contributed by atoms with Crippen molar-refractivity contribution in [1.82, 2.24) is 4.90 Å². The molecule has 0 spiro atoms. The molecule has 7 nitrogen and oxygen atoms in total. The molecule has 0 radical (unpaired) electrons. The van der Waals surface area contributed by atoms with Gasteiger partial charge in [0.05, 0.1) is 16.7 Å². The number of aryl methyl sites for hydroxylation is 1. The van der Waals surface area contributed by atoms with Crippen molar-refractivity contribution in [2.45, 2.75) is 32.1 Å². The van der Waals surface area contributed by atoms with Crippen LogP contribution in [-0.4, -0.2) is 35.1 Å². The summed E-state index contributed by atoms with van der Waals surface area (Å²) in [7, 11) is 0. The third kappa shape index (κ3) is 3.09. The van der Waals surface area contributed by atoms with Crippen molar-refractivity contribution in [1.29, 1.82) is 0 Å². The lowest BCUT2D eigenvalue weighted by molar-refractivity contribution is -0.116. The van der Waals surface area contributed by atoms with Crippen molar-refractivity contribution in [3.8, 4) is 0 Å². The van der Waals surface area contributed by atoms with E-state index < -0.39 is 5.91 Å². The fourth-order valence-corrected chi connectivity index (χ4v) is 5.09. The van der Waals surface area contributed by atoms with Crippen LogP contribution in [0.3, 0.4) is 0 Å². The molecular weight excluding hydrogens is 378 g/mol. The molecule has 2 aliphatic rings. The lowest BCUT2D eigenvalue weighted by Gasteiger charge is -2.13. The number of thiophene rings is 1. The minimum atomic E-state index is -0.527. The quantitative estimate of drug-likeness (QED) is 0.729. The van der Waals surface area contributed by atoms with E-state index in [-0.39, 0.29) is 30.7 Å². The Hall–Kier alpha value is -3.00. The van der Waals surface area contributed by atoms with Crippen molar-refractivity contribution in [2.24, 2.45) is 5.73 Å². The highest BCUT2D eigenvalue weighted by molar-refractivity contribution is 7.17. The van der Waals surface area contributed by atoms with Crippen LogP contribution in [0.2, 0.25) is 0 Å². The number of nitrogens with zero attached hydrogens (tertiary/aromatic N) is 1. The standard InChI is InChI=1S/C20H19N3O4S/c21-17(25)16-13-7-3-8-14(13)28-18(16)22-15(24)9-4-10-23-19(26)11-5-1-2-6-12(11)20(23)27/h1-2,5-6H,3-4,7-10H2,(H2,21,25)(H,22,24). The lowest BCUT2D eigenvalue weighted by atomic mass is 10.1. The number of nitrogens with two attached hydrogens (primary N) is 1. The Morgan fingerprint density at radius 1 is 1.11 bits per heavy atom. The monoisotopic (exact) mass is 397 g/mol. The average Bonchev–Trinajstić information content (AvgIpc) is 3.30. The molecule has 144 valence electrons. The van der Waals surface area contributed by atoms with Gasteiger partial charge < -0.3 is 11.1 Å². The van der Waals surface area contributed by atoms with Gasteiger partial charge in [0.15, 0.2) is 0 Å². The zero-order valence-corrected chi connectivity index (χ0v) is 15.9. The molecule has 0 fully saturated rings. The van der Waals surface area contributed by atoms with Crippen molar-refractivity contribution in [3.05, 3.63) is 51.4 Å². The van der Waals surface area contributed by atoms with E-state index >= 15 is 0 Å². The van der Waals surface area contributed by atoms with Crippen molar-refractivity contribution < 1.29 is 19.2 Å². The normalized spacial score (nSPS) is 14.9. The number of anilines is 1. The van der Waals surface area contributed by atoms with Crippen LogP contribution in [0.5, 0.6) is 0 Å². The number of rotatable bonds is 6. The van der Waals surface area contributed by atoms with Gasteiger partial charge in [0.25, 0.3) is 17.7 Å². The maximum Gasteiger partial charge on any atom is 0.261 e. The summed E-state index contributed by atoms with van der Waals surface area (Å²) in [6.07, 6.45) is 3.17.